The molecule has 1 heterocycles. The molecule has 1 N–H and O–H groups in total. The zero-order valence-corrected chi connectivity index (χ0v) is 7.78. The fourth-order valence-corrected chi connectivity index (χ4v) is 1.61. The lowest BCUT2D eigenvalue weighted by Crippen LogP contribution is -1.71. The molecule has 0 saturated carbocycles. The molecule has 2 rings (SSSR count). The normalized spacial score (nSPS) is 10.7. The fraction of sp³-hybridized carbons (Fsp3) is 0. The molecule has 4 heteroatoms. The quantitative estimate of drug-likeness (QED) is 0.742. The molecule has 1 aromatic heterocycles. The van der Waals surface area contributed by atoms with Gasteiger partial charge in [0.2, 0.25) is 0 Å². The predicted molar refractivity (Wildman–Crippen MR) is 48.8 cm³/mol. The van der Waals surface area contributed by atoms with Gasteiger partial charge in [0.05, 0.1) is 16.7 Å². The first-order chi connectivity index (χ1) is 5.29. The van der Waals surface area contributed by atoms with Gasteiger partial charge in [0.25, 0.3) is 0 Å². The third kappa shape index (κ3) is 1.04. The molecule has 0 aliphatic heterocycles. The second-order valence-electron chi connectivity index (χ2n) is 2.19. The summed E-state index contributed by atoms with van der Waals surface area (Å²) in [5.41, 5.74) is 0.942. The third-order valence-corrected chi connectivity index (χ3v) is 2.50. The lowest BCUT2D eigenvalue weighted by atomic mass is 10.3. The van der Waals surface area contributed by atoms with Crippen LogP contribution in [-0.2, 0) is 0 Å². The Kier molecular flexibility index (Phi) is 1.62. The first-order valence-electron chi connectivity index (χ1n) is 3.06. The molecule has 0 aliphatic rings. The molecular weight excluding hydrogens is 227 g/mol. The van der Waals surface area contributed by atoms with Gasteiger partial charge < -0.3 is 0 Å². The van der Waals surface area contributed by atoms with Gasteiger partial charge in [-0.05, 0) is 28.1 Å². The molecule has 0 saturated heterocycles. The summed E-state index contributed by atoms with van der Waals surface area (Å²) in [6.07, 6.45) is 1.71. The van der Waals surface area contributed by atoms with Crippen LogP contribution in [0.25, 0.3) is 10.9 Å². The number of aromatic amines is 1. The minimum atomic E-state index is 0.719. The molecule has 0 fully saturated rings. The molecule has 2 aromatic rings. The van der Waals surface area contributed by atoms with Gasteiger partial charge in [-0.25, -0.2) is 0 Å². The molecule has 1 aromatic carbocycles. The van der Waals surface area contributed by atoms with Gasteiger partial charge >= 0.3 is 0 Å². The largest absolute Gasteiger partial charge is 0.277 e. The first kappa shape index (κ1) is 7.13. The second-order valence-corrected chi connectivity index (χ2v) is 3.45. The van der Waals surface area contributed by atoms with Gasteiger partial charge in [-0.3, -0.25) is 5.10 Å². The summed E-state index contributed by atoms with van der Waals surface area (Å²) in [7, 11) is 0. The van der Waals surface area contributed by atoms with Crippen molar-refractivity contribution in [1.82, 2.24) is 10.2 Å². The summed E-state index contributed by atoms with van der Waals surface area (Å²) >= 11 is 9.27. The van der Waals surface area contributed by atoms with Crippen molar-refractivity contribution < 1.29 is 0 Å². The smallest absolute Gasteiger partial charge is 0.0807 e. The van der Waals surface area contributed by atoms with Gasteiger partial charge in [0.15, 0.2) is 0 Å². The minimum absolute atomic E-state index is 0.719. The fourth-order valence-electron chi connectivity index (χ4n) is 0.969. The van der Waals surface area contributed by atoms with Gasteiger partial charge in [-0.15, -0.1) is 0 Å². The van der Waals surface area contributed by atoms with E-state index >= 15 is 0 Å². The highest BCUT2D eigenvalue weighted by atomic mass is 79.9. The number of hydrogen-bond acceptors (Lipinski definition) is 1. The minimum Gasteiger partial charge on any atom is -0.277 e. The number of halogens is 2. The van der Waals surface area contributed by atoms with E-state index in [1.54, 1.807) is 6.20 Å². The van der Waals surface area contributed by atoms with Crippen molar-refractivity contribution in [3.8, 4) is 0 Å². The summed E-state index contributed by atoms with van der Waals surface area (Å²) in [6.45, 7) is 0. The van der Waals surface area contributed by atoms with Crippen LogP contribution in [0.5, 0.6) is 0 Å². The number of benzene rings is 1. The van der Waals surface area contributed by atoms with Crippen LogP contribution in [0.15, 0.2) is 22.8 Å². The molecule has 0 spiro atoms. The average molecular weight is 231 g/mol. The molecular formula is C7H4BrClN2. The number of aromatic nitrogens is 2. The molecule has 0 aliphatic carbocycles. The molecule has 0 radical (unpaired) electrons. The Morgan fingerprint density at radius 3 is 3.00 bits per heavy atom. The van der Waals surface area contributed by atoms with E-state index in [9.17, 15) is 0 Å². The Morgan fingerprint density at radius 1 is 1.45 bits per heavy atom. The first-order valence-corrected chi connectivity index (χ1v) is 4.23. The molecule has 2 nitrogen and oxygen atoms in total. The zero-order chi connectivity index (χ0) is 7.84. The van der Waals surface area contributed by atoms with Crippen molar-refractivity contribution in [2.24, 2.45) is 0 Å². The van der Waals surface area contributed by atoms with Crippen molar-refractivity contribution in [2.45, 2.75) is 0 Å². The Bertz CT molecular complexity index is 360. The summed E-state index contributed by atoms with van der Waals surface area (Å²) in [6, 6.07) is 3.73. The highest BCUT2D eigenvalue weighted by Gasteiger charge is 2.02. The number of fused-ring (bicyclic) bond motifs is 1. The monoisotopic (exact) mass is 230 g/mol. The van der Waals surface area contributed by atoms with Crippen molar-refractivity contribution in [3.63, 3.8) is 0 Å². The molecule has 0 amide bonds. The number of H-pyrrole nitrogens is 1. The van der Waals surface area contributed by atoms with Crippen molar-refractivity contribution in [1.29, 1.82) is 0 Å². The topological polar surface area (TPSA) is 28.7 Å². The SMILES string of the molecule is Clc1ccc(Br)c2[nH]ncc12. The standard InChI is InChI=1S/C7H4BrClN2/c8-5-1-2-6(9)4-3-10-11-7(4)5/h1-3H,(H,10,11). The Hall–Kier alpha value is -0.540. The maximum Gasteiger partial charge on any atom is 0.0807 e. The van der Waals surface area contributed by atoms with Gasteiger partial charge in [0, 0.05) is 9.86 Å². The highest BCUT2D eigenvalue weighted by Crippen LogP contribution is 2.27. The molecule has 0 bridgehead atoms. The number of rotatable bonds is 0. The zero-order valence-electron chi connectivity index (χ0n) is 5.44. The second kappa shape index (κ2) is 2.50. The van der Waals surface area contributed by atoms with Gasteiger partial charge in [-0.1, -0.05) is 11.6 Å². The predicted octanol–water partition coefficient (Wildman–Crippen LogP) is 2.98. The van der Waals surface area contributed by atoms with E-state index in [2.05, 4.69) is 26.1 Å². The lowest BCUT2D eigenvalue weighted by Gasteiger charge is -1.93. The molecule has 11 heavy (non-hydrogen) atoms. The molecule has 0 unspecified atom stereocenters. The van der Waals surface area contributed by atoms with Gasteiger partial charge in [0.1, 0.15) is 0 Å². The number of hydrogen-bond donors (Lipinski definition) is 1. The Morgan fingerprint density at radius 2 is 2.27 bits per heavy atom. The van der Waals surface area contributed by atoms with Crippen LogP contribution in [0.4, 0.5) is 0 Å². The molecule has 56 valence electrons. The van der Waals surface area contributed by atoms with Crippen LogP contribution >= 0.6 is 27.5 Å². The Balaban J connectivity index is 2.96. The van der Waals surface area contributed by atoms with Crippen LogP contribution in [-0.4, -0.2) is 10.2 Å². The van der Waals surface area contributed by atoms with Crippen LogP contribution in [0, 0.1) is 0 Å². The summed E-state index contributed by atoms with van der Waals surface area (Å²) in [4.78, 5) is 0. The van der Waals surface area contributed by atoms with Crippen LogP contribution in [0.2, 0.25) is 5.02 Å². The van der Waals surface area contributed by atoms with E-state index < -0.39 is 0 Å². The number of nitrogens with one attached hydrogen (secondary N) is 1. The van der Waals surface area contributed by atoms with Crippen molar-refractivity contribution in [3.05, 3.63) is 27.8 Å². The highest BCUT2D eigenvalue weighted by molar-refractivity contribution is 9.10. The molecule has 0 atom stereocenters. The van der Waals surface area contributed by atoms with Crippen LogP contribution < -0.4 is 0 Å². The number of nitrogens with zero attached hydrogens (tertiary/aromatic N) is 1. The van der Waals surface area contributed by atoms with Gasteiger partial charge in [-0.2, -0.15) is 5.10 Å². The summed E-state index contributed by atoms with van der Waals surface area (Å²) < 4.78 is 0.981. The van der Waals surface area contributed by atoms with E-state index in [4.69, 9.17) is 11.6 Å². The van der Waals surface area contributed by atoms with Crippen LogP contribution in [0.3, 0.4) is 0 Å². The van der Waals surface area contributed by atoms with Crippen LogP contribution in [0.1, 0.15) is 0 Å². The maximum absolute atomic E-state index is 5.89. The van der Waals surface area contributed by atoms with E-state index in [0.717, 1.165) is 20.4 Å². The Labute approximate surface area is 76.7 Å². The van der Waals surface area contributed by atoms with E-state index in [1.807, 2.05) is 12.1 Å². The maximum atomic E-state index is 5.89. The lowest BCUT2D eigenvalue weighted by molar-refractivity contribution is 1.12. The average Bonchev–Trinajstić information content (AvgIpc) is 2.45. The van der Waals surface area contributed by atoms with E-state index in [-0.39, 0.29) is 0 Å². The van der Waals surface area contributed by atoms with E-state index in [0.29, 0.717) is 0 Å². The third-order valence-electron chi connectivity index (χ3n) is 1.51. The summed E-state index contributed by atoms with van der Waals surface area (Å²) in [5.74, 6) is 0. The summed E-state index contributed by atoms with van der Waals surface area (Å²) in [5, 5.41) is 8.40. The van der Waals surface area contributed by atoms with E-state index in [1.165, 1.54) is 0 Å². The van der Waals surface area contributed by atoms with Crippen molar-refractivity contribution in [2.75, 3.05) is 0 Å². The van der Waals surface area contributed by atoms with Crippen molar-refractivity contribution >= 4 is 38.4 Å².